The topological polar surface area (TPSA) is 32.3 Å². The predicted octanol–water partition coefficient (Wildman–Crippen LogP) is 2.97. The number of piperidine rings is 3. The zero-order valence-electron chi connectivity index (χ0n) is 12.5. The van der Waals surface area contributed by atoms with E-state index in [1.54, 1.807) is 11.3 Å². The van der Waals surface area contributed by atoms with Gasteiger partial charge in [-0.25, -0.2) is 0 Å². The summed E-state index contributed by atoms with van der Waals surface area (Å²) in [6, 6.07) is 8.54. The zero-order chi connectivity index (χ0) is 14.7. The molecule has 1 aliphatic carbocycles. The third-order valence-electron chi connectivity index (χ3n) is 5.80. The number of carbonyl (C=O) groups is 1. The first kappa shape index (κ1) is 13.1. The molecule has 114 valence electrons. The molecule has 0 radical (unpaired) electrons. The molecule has 2 aromatic rings. The number of carbonyl (C=O) groups excluding carboxylic acids is 1. The van der Waals surface area contributed by atoms with E-state index in [-0.39, 0.29) is 5.91 Å². The minimum Gasteiger partial charge on any atom is -0.349 e. The summed E-state index contributed by atoms with van der Waals surface area (Å²) in [4.78, 5) is 15.3. The Labute approximate surface area is 134 Å². The van der Waals surface area contributed by atoms with Gasteiger partial charge in [0.15, 0.2) is 0 Å². The highest BCUT2D eigenvalue weighted by Crippen LogP contribution is 2.43. The molecule has 3 saturated heterocycles. The van der Waals surface area contributed by atoms with Crippen LogP contribution in [0, 0.1) is 17.8 Å². The van der Waals surface area contributed by atoms with Crippen molar-refractivity contribution in [2.75, 3.05) is 19.6 Å². The fraction of sp³-hybridized carbons (Fsp3) is 0.500. The van der Waals surface area contributed by atoms with Crippen LogP contribution in [0.15, 0.2) is 29.6 Å². The summed E-state index contributed by atoms with van der Waals surface area (Å²) < 4.78 is 1.25. The van der Waals surface area contributed by atoms with Gasteiger partial charge in [0.1, 0.15) is 0 Å². The van der Waals surface area contributed by atoms with E-state index >= 15 is 0 Å². The molecule has 22 heavy (non-hydrogen) atoms. The van der Waals surface area contributed by atoms with Gasteiger partial charge >= 0.3 is 0 Å². The maximum atomic E-state index is 12.7. The minimum absolute atomic E-state index is 0.112. The van der Waals surface area contributed by atoms with Crippen LogP contribution in [0.25, 0.3) is 10.1 Å². The van der Waals surface area contributed by atoms with Crippen molar-refractivity contribution >= 4 is 27.3 Å². The second-order valence-electron chi connectivity index (χ2n) is 7.25. The summed E-state index contributed by atoms with van der Waals surface area (Å²) in [6.45, 7) is 3.66. The second-order valence-corrected chi connectivity index (χ2v) is 8.20. The van der Waals surface area contributed by atoms with Crippen molar-refractivity contribution in [1.29, 1.82) is 0 Å². The van der Waals surface area contributed by atoms with Crippen molar-refractivity contribution in [2.45, 2.75) is 18.9 Å². The lowest BCUT2D eigenvalue weighted by Gasteiger charge is -2.55. The number of hydrogen-bond acceptors (Lipinski definition) is 3. The van der Waals surface area contributed by atoms with Gasteiger partial charge in [-0.3, -0.25) is 4.79 Å². The van der Waals surface area contributed by atoms with Crippen LogP contribution in [0.1, 0.15) is 23.2 Å². The summed E-state index contributed by atoms with van der Waals surface area (Å²) in [7, 11) is 0. The zero-order valence-corrected chi connectivity index (χ0v) is 13.3. The Morgan fingerprint density at radius 1 is 1.14 bits per heavy atom. The molecule has 1 aromatic carbocycles. The molecule has 4 bridgehead atoms. The Kier molecular flexibility index (Phi) is 2.86. The summed E-state index contributed by atoms with van der Waals surface area (Å²) in [5.41, 5.74) is 0.806. The molecule has 0 unspecified atom stereocenters. The van der Waals surface area contributed by atoms with E-state index in [0.29, 0.717) is 17.9 Å². The monoisotopic (exact) mass is 312 g/mol. The summed E-state index contributed by atoms with van der Waals surface area (Å²) in [6.07, 6.45) is 2.61. The first-order valence-electron chi connectivity index (χ1n) is 8.27. The highest BCUT2D eigenvalue weighted by atomic mass is 32.1. The number of hydrogen-bond donors (Lipinski definition) is 1. The SMILES string of the molecule is O=C(NC1[C@@H]2CC3C[C@@H]1CN(C3)C2)c1ccc2sccc2c1. The molecule has 1 amide bonds. The van der Waals surface area contributed by atoms with Crippen molar-refractivity contribution in [1.82, 2.24) is 10.2 Å². The van der Waals surface area contributed by atoms with Gasteiger partial charge in [0, 0.05) is 35.9 Å². The molecule has 6 rings (SSSR count). The van der Waals surface area contributed by atoms with Gasteiger partial charge in [0.25, 0.3) is 5.91 Å². The van der Waals surface area contributed by atoms with Gasteiger partial charge in [-0.15, -0.1) is 11.3 Å². The van der Waals surface area contributed by atoms with Crippen LogP contribution in [-0.4, -0.2) is 36.5 Å². The number of nitrogens with zero attached hydrogens (tertiary/aromatic N) is 1. The number of thiophene rings is 1. The fourth-order valence-corrected chi connectivity index (χ4v) is 5.76. The van der Waals surface area contributed by atoms with Gasteiger partial charge in [-0.2, -0.15) is 0 Å². The highest BCUT2D eigenvalue weighted by molar-refractivity contribution is 7.17. The number of benzene rings is 1. The first-order chi connectivity index (χ1) is 10.8. The van der Waals surface area contributed by atoms with Crippen molar-refractivity contribution in [2.24, 2.45) is 17.8 Å². The van der Waals surface area contributed by atoms with E-state index in [9.17, 15) is 4.79 Å². The lowest BCUT2D eigenvalue weighted by atomic mass is 9.65. The first-order valence-corrected chi connectivity index (χ1v) is 9.15. The summed E-state index contributed by atoms with van der Waals surface area (Å²) in [5, 5.41) is 6.63. The molecule has 1 N–H and O–H groups in total. The standard InChI is InChI=1S/C18H20N2OS/c21-18(13-1-2-16-12(7-13)3-4-22-16)19-17-14-5-11-6-15(17)10-20(8-11)9-14/h1-4,7,11,14-15,17H,5-6,8-10H2,(H,19,21)/t11?,14-,15-,17?/m1/s1. The van der Waals surface area contributed by atoms with Crippen molar-refractivity contribution < 1.29 is 4.79 Å². The quantitative estimate of drug-likeness (QED) is 0.924. The lowest BCUT2D eigenvalue weighted by Crippen LogP contribution is -2.64. The van der Waals surface area contributed by atoms with Gasteiger partial charge in [-0.05, 0) is 65.6 Å². The molecular weight excluding hydrogens is 292 g/mol. The number of nitrogens with one attached hydrogen (secondary N) is 1. The van der Waals surface area contributed by atoms with Crippen molar-refractivity contribution in [3.05, 3.63) is 35.2 Å². The maximum Gasteiger partial charge on any atom is 0.251 e. The Morgan fingerprint density at radius 2 is 1.95 bits per heavy atom. The number of rotatable bonds is 2. The van der Waals surface area contributed by atoms with Crippen LogP contribution in [0.5, 0.6) is 0 Å². The highest BCUT2D eigenvalue weighted by Gasteiger charge is 2.47. The molecule has 3 aliphatic heterocycles. The predicted molar refractivity (Wildman–Crippen MR) is 89.2 cm³/mol. The summed E-state index contributed by atoms with van der Waals surface area (Å²) >= 11 is 1.72. The maximum absolute atomic E-state index is 12.7. The largest absolute Gasteiger partial charge is 0.349 e. The average Bonchev–Trinajstić information content (AvgIpc) is 2.97. The molecule has 1 aromatic heterocycles. The third kappa shape index (κ3) is 2.01. The second kappa shape index (κ2) is 4.80. The van der Waals surface area contributed by atoms with E-state index in [1.165, 1.54) is 42.6 Å². The Morgan fingerprint density at radius 3 is 2.73 bits per heavy atom. The van der Waals surface area contributed by atoms with E-state index in [2.05, 4.69) is 27.7 Å². The minimum atomic E-state index is 0.112. The van der Waals surface area contributed by atoms with Gasteiger partial charge in [0.05, 0.1) is 0 Å². The van der Waals surface area contributed by atoms with Gasteiger partial charge in [-0.1, -0.05) is 0 Å². The molecule has 4 heteroatoms. The summed E-state index contributed by atoms with van der Waals surface area (Å²) in [5.74, 6) is 2.33. The average molecular weight is 312 g/mol. The van der Waals surface area contributed by atoms with Crippen LogP contribution in [0.3, 0.4) is 0 Å². The number of amides is 1. The molecule has 4 aliphatic rings. The molecule has 1 saturated carbocycles. The fourth-order valence-electron chi connectivity index (χ4n) is 4.99. The molecular formula is C18H20N2OS. The van der Waals surface area contributed by atoms with E-state index in [0.717, 1.165) is 11.5 Å². The molecule has 0 spiro atoms. The van der Waals surface area contributed by atoms with Gasteiger partial charge < -0.3 is 10.2 Å². The van der Waals surface area contributed by atoms with Crippen LogP contribution < -0.4 is 5.32 Å². The Hall–Kier alpha value is -1.39. The van der Waals surface area contributed by atoms with E-state index < -0.39 is 0 Å². The van der Waals surface area contributed by atoms with Crippen LogP contribution in [0.2, 0.25) is 0 Å². The molecule has 2 atom stereocenters. The van der Waals surface area contributed by atoms with E-state index in [4.69, 9.17) is 0 Å². The third-order valence-corrected chi connectivity index (χ3v) is 6.70. The Bertz CT molecular complexity index is 710. The van der Waals surface area contributed by atoms with Crippen LogP contribution in [-0.2, 0) is 0 Å². The normalized spacial score (nSPS) is 35.9. The molecule has 4 fully saturated rings. The van der Waals surface area contributed by atoms with Gasteiger partial charge in [0.2, 0.25) is 0 Å². The Balaban J connectivity index is 1.38. The molecule has 4 heterocycles. The smallest absolute Gasteiger partial charge is 0.251 e. The molecule has 3 nitrogen and oxygen atoms in total. The van der Waals surface area contributed by atoms with Crippen molar-refractivity contribution in [3.63, 3.8) is 0 Å². The van der Waals surface area contributed by atoms with Crippen molar-refractivity contribution in [3.8, 4) is 0 Å². The van der Waals surface area contributed by atoms with Crippen LogP contribution >= 0.6 is 11.3 Å². The van der Waals surface area contributed by atoms with Crippen LogP contribution in [0.4, 0.5) is 0 Å². The lowest BCUT2D eigenvalue weighted by molar-refractivity contribution is -0.0418. The number of fused-ring (bicyclic) bond motifs is 1. The van der Waals surface area contributed by atoms with E-state index in [1.807, 2.05) is 12.1 Å².